The van der Waals surface area contributed by atoms with Crippen molar-refractivity contribution in [3.05, 3.63) is 42.5 Å². The highest BCUT2D eigenvalue weighted by atomic mass is 28.2. The molecular weight excluding hydrogens is 208 g/mol. The largest absolute Gasteiger partial charge is 0.0883 e. The van der Waals surface area contributed by atoms with Crippen LogP contribution in [-0.4, -0.2) is 9.52 Å². The first kappa shape index (κ1) is 11.7. The van der Waals surface area contributed by atoms with Crippen molar-refractivity contribution in [2.75, 3.05) is 0 Å². The molecule has 0 aliphatic heterocycles. The van der Waals surface area contributed by atoms with Gasteiger partial charge in [-0.15, -0.1) is 0 Å². The molecule has 0 nitrogen and oxygen atoms in total. The second-order valence-electron chi connectivity index (χ2n) is 4.55. The monoisotopic (exact) mass is 228 g/mol. The molecule has 1 aromatic carbocycles. The molecule has 1 aromatic rings. The van der Waals surface area contributed by atoms with Crippen LogP contribution in [0.3, 0.4) is 0 Å². The summed E-state index contributed by atoms with van der Waals surface area (Å²) in [6.07, 6.45) is 11.7. The number of hydrogen-bond acceptors (Lipinski definition) is 0. The van der Waals surface area contributed by atoms with Crippen LogP contribution in [0.4, 0.5) is 0 Å². The van der Waals surface area contributed by atoms with Gasteiger partial charge in [-0.25, -0.2) is 0 Å². The summed E-state index contributed by atoms with van der Waals surface area (Å²) in [6, 6.07) is 12.3. The zero-order chi connectivity index (χ0) is 11.1. The van der Waals surface area contributed by atoms with Crippen molar-refractivity contribution in [1.82, 2.24) is 0 Å². The van der Waals surface area contributed by atoms with Gasteiger partial charge in [0.25, 0.3) is 0 Å². The number of hydrogen-bond donors (Lipinski definition) is 0. The molecule has 1 aliphatic carbocycles. The van der Waals surface area contributed by atoms with E-state index in [-0.39, 0.29) is 0 Å². The van der Waals surface area contributed by atoms with Crippen LogP contribution in [0.5, 0.6) is 0 Å². The van der Waals surface area contributed by atoms with Gasteiger partial charge in [-0.1, -0.05) is 60.1 Å². The van der Waals surface area contributed by atoms with Gasteiger partial charge in [-0.05, 0) is 31.6 Å². The Labute approximate surface area is 102 Å². The number of rotatable bonds is 5. The topological polar surface area (TPSA) is 0 Å². The van der Waals surface area contributed by atoms with Crippen molar-refractivity contribution in [2.45, 2.75) is 38.1 Å². The second-order valence-corrected chi connectivity index (χ2v) is 5.99. The maximum atomic E-state index is 2.44. The SMILES string of the molecule is C1=CC(CCC[Si]c2ccccc2)CCC1. The zero-order valence-electron chi connectivity index (χ0n) is 9.86. The van der Waals surface area contributed by atoms with Gasteiger partial charge in [0.1, 0.15) is 0 Å². The van der Waals surface area contributed by atoms with E-state index in [1.807, 2.05) is 0 Å². The van der Waals surface area contributed by atoms with Crippen LogP contribution >= 0.6 is 0 Å². The smallest absolute Gasteiger partial charge is 0.0807 e. The van der Waals surface area contributed by atoms with Gasteiger partial charge >= 0.3 is 0 Å². The number of allylic oxidation sites excluding steroid dienone is 2. The third-order valence-electron chi connectivity index (χ3n) is 3.21. The minimum Gasteiger partial charge on any atom is -0.0883 e. The minimum absolute atomic E-state index is 0.884. The van der Waals surface area contributed by atoms with Crippen molar-refractivity contribution < 1.29 is 0 Å². The third-order valence-corrected chi connectivity index (χ3v) is 4.55. The van der Waals surface area contributed by atoms with Crippen molar-refractivity contribution in [1.29, 1.82) is 0 Å². The molecule has 84 valence electrons. The summed E-state index contributed by atoms with van der Waals surface area (Å²) in [4.78, 5) is 0. The molecule has 0 saturated heterocycles. The molecule has 0 spiro atoms. The summed E-state index contributed by atoms with van der Waals surface area (Å²) in [6.45, 7) is 0. The predicted octanol–water partition coefficient (Wildman–Crippen LogP) is 3.57. The van der Waals surface area contributed by atoms with Crippen LogP contribution in [0, 0.1) is 5.92 Å². The molecule has 1 aliphatic rings. The second kappa shape index (κ2) is 6.69. The van der Waals surface area contributed by atoms with Gasteiger partial charge in [0.15, 0.2) is 0 Å². The lowest BCUT2D eigenvalue weighted by Gasteiger charge is -2.15. The Bertz CT molecular complexity index is 315. The van der Waals surface area contributed by atoms with Gasteiger partial charge < -0.3 is 0 Å². The Morgan fingerprint density at radius 1 is 1.19 bits per heavy atom. The molecule has 2 rings (SSSR count). The normalized spacial score (nSPS) is 19.9. The highest BCUT2D eigenvalue weighted by Gasteiger charge is 2.07. The van der Waals surface area contributed by atoms with E-state index in [9.17, 15) is 0 Å². The standard InChI is InChI=1S/C15H20Si/c1-3-8-14(9-4-1)10-7-13-16-15-11-5-2-6-12-15/h2-3,5-6,8,11-12,14H,1,4,7,9-10,13H2. The average molecular weight is 228 g/mol. The van der Waals surface area contributed by atoms with Gasteiger partial charge in [0.05, 0.1) is 9.52 Å². The summed E-state index contributed by atoms with van der Waals surface area (Å²) in [5, 5.41) is 1.52. The highest BCUT2D eigenvalue weighted by Crippen LogP contribution is 2.21. The lowest BCUT2D eigenvalue weighted by molar-refractivity contribution is 0.499. The average Bonchev–Trinajstić information content (AvgIpc) is 2.37. The maximum absolute atomic E-state index is 2.44. The molecular formula is C15H20Si. The first-order valence-electron chi connectivity index (χ1n) is 6.41. The van der Waals surface area contributed by atoms with E-state index in [0.717, 1.165) is 15.4 Å². The Hall–Kier alpha value is -0.823. The molecule has 0 N–H and O–H groups in total. The molecule has 1 heteroatoms. The van der Waals surface area contributed by atoms with Gasteiger partial charge in [-0.3, -0.25) is 0 Å². The molecule has 0 heterocycles. The Balaban J connectivity index is 1.61. The summed E-state index contributed by atoms with van der Waals surface area (Å²) in [5.74, 6) is 0.884. The Kier molecular flexibility index (Phi) is 4.88. The van der Waals surface area contributed by atoms with Crippen LogP contribution in [-0.2, 0) is 0 Å². The van der Waals surface area contributed by atoms with E-state index in [1.165, 1.54) is 43.3 Å². The zero-order valence-corrected chi connectivity index (χ0v) is 10.9. The first-order valence-corrected chi connectivity index (χ1v) is 7.61. The van der Waals surface area contributed by atoms with Crippen molar-refractivity contribution >= 4 is 14.7 Å². The van der Waals surface area contributed by atoms with Gasteiger partial charge in [-0.2, -0.15) is 0 Å². The lowest BCUT2D eigenvalue weighted by Crippen LogP contribution is -2.12. The molecule has 1 unspecified atom stereocenters. The van der Waals surface area contributed by atoms with Crippen LogP contribution in [0.25, 0.3) is 0 Å². The molecule has 0 saturated carbocycles. The first-order chi connectivity index (χ1) is 7.95. The minimum atomic E-state index is 0.884. The fourth-order valence-corrected chi connectivity index (χ4v) is 3.37. The number of benzene rings is 1. The molecule has 0 aromatic heterocycles. The van der Waals surface area contributed by atoms with E-state index in [2.05, 4.69) is 42.5 Å². The summed E-state index contributed by atoms with van der Waals surface area (Å²) in [5.41, 5.74) is 0. The van der Waals surface area contributed by atoms with Crippen molar-refractivity contribution in [3.8, 4) is 0 Å². The maximum Gasteiger partial charge on any atom is 0.0807 e. The van der Waals surface area contributed by atoms with E-state index < -0.39 is 0 Å². The fraction of sp³-hybridized carbons (Fsp3) is 0.467. The van der Waals surface area contributed by atoms with E-state index >= 15 is 0 Å². The van der Waals surface area contributed by atoms with E-state index in [0.29, 0.717) is 0 Å². The van der Waals surface area contributed by atoms with Crippen LogP contribution in [0.15, 0.2) is 42.5 Å². The molecule has 1 atom stereocenters. The lowest BCUT2D eigenvalue weighted by atomic mass is 9.92. The van der Waals surface area contributed by atoms with Crippen LogP contribution in [0.2, 0.25) is 6.04 Å². The highest BCUT2D eigenvalue weighted by molar-refractivity contribution is 6.53. The molecule has 0 amide bonds. The summed E-state index contributed by atoms with van der Waals surface area (Å²) in [7, 11) is 1.00. The van der Waals surface area contributed by atoms with Crippen molar-refractivity contribution in [2.24, 2.45) is 5.92 Å². The predicted molar refractivity (Wildman–Crippen MR) is 72.4 cm³/mol. The molecule has 0 bridgehead atoms. The van der Waals surface area contributed by atoms with Crippen molar-refractivity contribution in [3.63, 3.8) is 0 Å². The van der Waals surface area contributed by atoms with Gasteiger partial charge in [0.2, 0.25) is 0 Å². The molecule has 2 radical (unpaired) electrons. The Morgan fingerprint density at radius 3 is 2.81 bits per heavy atom. The molecule has 0 fully saturated rings. The van der Waals surface area contributed by atoms with E-state index in [4.69, 9.17) is 0 Å². The summed E-state index contributed by atoms with van der Waals surface area (Å²) < 4.78 is 0. The fourth-order valence-electron chi connectivity index (χ4n) is 2.28. The Morgan fingerprint density at radius 2 is 2.06 bits per heavy atom. The van der Waals surface area contributed by atoms with Crippen LogP contribution < -0.4 is 5.19 Å². The van der Waals surface area contributed by atoms with E-state index in [1.54, 1.807) is 0 Å². The quantitative estimate of drug-likeness (QED) is 0.410. The van der Waals surface area contributed by atoms with Gasteiger partial charge in [0, 0.05) is 0 Å². The molecule has 16 heavy (non-hydrogen) atoms. The van der Waals surface area contributed by atoms with Crippen LogP contribution in [0.1, 0.15) is 32.1 Å². The summed E-state index contributed by atoms with van der Waals surface area (Å²) >= 11 is 0. The third kappa shape index (κ3) is 3.97.